The molecule has 0 saturated heterocycles. The lowest BCUT2D eigenvalue weighted by molar-refractivity contribution is 0.414. The van der Waals surface area contributed by atoms with Crippen LogP contribution in [0.2, 0.25) is 0 Å². The fraction of sp³-hybridized carbons (Fsp3) is 0.125. The average Bonchev–Trinajstić information content (AvgIpc) is 2.61. The number of H-pyrrole nitrogens is 2. The van der Waals surface area contributed by atoms with E-state index < -0.39 is 21.1 Å². The fourth-order valence-corrected chi connectivity index (χ4v) is 3.31. The van der Waals surface area contributed by atoms with Crippen LogP contribution in [0.3, 0.4) is 0 Å². The number of rotatable bonds is 5. The Morgan fingerprint density at radius 2 is 1.60 bits per heavy atom. The van der Waals surface area contributed by atoms with Gasteiger partial charge < -0.3 is 14.7 Å². The second-order valence-corrected chi connectivity index (χ2v) is 7.06. The standard InChI is InChI=1S/C16H15N3O5S/c1-24-11-4-2-10(3-5-11)9-17-25(22,23)12-6-7-13-14(8-12)19-16(21)15(20)18-13/h2-8,17H,9H2,1H3,(H,18,20)(H,19,21). The maximum atomic E-state index is 12.4. The van der Waals surface area contributed by atoms with E-state index in [0.717, 1.165) is 5.56 Å². The van der Waals surface area contributed by atoms with Crippen LogP contribution in [0.25, 0.3) is 11.0 Å². The quantitative estimate of drug-likeness (QED) is 0.578. The van der Waals surface area contributed by atoms with Crippen LogP contribution < -0.4 is 20.6 Å². The summed E-state index contributed by atoms with van der Waals surface area (Å²) < 4.78 is 32.4. The van der Waals surface area contributed by atoms with Crippen LogP contribution in [0.1, 0.15) is 5.56 Å². The van der Waals surface area contributed by atoms with E-state index in [2.05, 4.69) is 14.7 Å². The molecule has 0 bridgehead atoms. The number of fused-ring (bicyclic) bond motifs is 1. The van der Waals surface area contributed by atoms with Crippen molar-refractivity contribution in [2.75, 3.05) is 7.11 Å². The Morgan fingerprint density at radius 3 is 2.24 bits per heavy atom. The molecule has 2 aromatic carbocycles. The van der Waals surface area contributed by atoms with Crippen molar-refractivity contribution in [1.82, 2.24) is 14.7 Å². The van der Waals surface area contributed by atoms with E-state index in [9.17, 15) is 18.0 Å². The van der Waals surface area contributed by atoms with Gasteiger partial charge in [-0.05, 0) is 35.9 Å². The number of benzene rings is 2. The number of sulfonamides is 1. The predicted octanol–water partition coefficient (Wildman–Crippen LogP) is 0.704. The van der Waals surface area contributed by atoms with E-state index in [1.165, 1.54) is 18.2 Å². The lowest BCUT2D eigenvalue weighted by Gasteiger charge is -2.08. The third-order valence-electron chi connectivity index (χ3n) is 3.63. The van der Waals surface area contributed by atoms with E-state index in [0.29, 0.717) is 11.3 Å². The minimum atomic E-state index is -3.78. The molecular weight excluding hydrogens is 346 g/mol. The van der Waals surface area contributed by atoms with E-state index in [-0.39, 0.29) is 17.0 Å². The molecule has 9 heteroatoms. The molecule has 3 aromatic rings. The molecule has 25 heavy (non-hydrogen) atoms. The van der Waals surface area contributed by atoms with E-state index in [4.69, 9.17) is 4.74 Å². The summed E-state index contributed by atoms with van der Waals surface area (Å²) in [7, 11) is -2.23. The maximum Gasteiger partial charge on any atom is 0.314 e. The minimum absolute atomic E-state index is 0.0174. The summed E-state index contributed by atoms with van der Waals surface area (Å²) in [6, 6.07) is 11.1. The Morgan fingerprint density at radius 1 is 0.960 bits per heavy atom. The zero-order valence-electron chi connectivity index (χ0n) is 13.2. The van der Waals surface area contributed by atoms with E-state index in [1.807, 2.05) is 0 Å². The number of nitrogens with one attached hydrogen (secondary N) is 3. The van der Waals surface area contributed by atoms with Crippen molar-refractivity contribution in [3.05, 3.63) is 68.7 Å². The smallest absolute Gasteiger partial charge is 0.314 e. The third-order valence-corrected chi connectivity index (χ3v) is 5.03. The van der Waals surface area contributed by atoms with Gasteiger partial charge in [-0.3, -0.25) is 9.59 Å². The van der Waals surface area contributed by atoms with Gasteiger partial charge in [0, 0.05) is 6.54 Å². The molecule has 0 aliphatic rings. The molecule has 0 aliphatic heterocycles. The summed E-state index contributed by atoms with van der Waals surface area (Å²) in [5, 5.41) is 0. The van der Waals surface area contributed by atoms with Crippen molar-refractivity contribution in [3.8, 4) is 5.75 Å². The van der Waals surface area contributed by atoms with Gasteiger partial charge in [0.15, 0.2) is 0 Å². The average molecular weight is 361 g/mol. The highest BCUT2D eigenvalue weighted by Crippen LogP contribution is 2.16. The van der Waals surface area contributed by atoms with Gasteiger partial charge in [0.2, 0.25) is 10.0 Å². The van der Waals surface area contributed by atoms with Crippen LogP contribution in [0.15, 0.2) is 56.9 Å². The van der Waals surface area contributed by atoms with Crippen LogP contribution in [0.4, 0.5) is 0 Å². The molecule has 130 valence electrons. The van der Waals surface area contributed by atoms with Gasteiger partial charge in [0.1, 0.15) is 5.75 Å². The molecule has 8 nitrogen and oxygen atoms in total. The molecule has 3 N–H and O–H groups in total. The van der Waals surface area contributed by atoms with Crippen LogP contribution in [0, 0.1) is 0 Å². The third kappa shape index (κ3) is 3.62. The molecule has 0 radical (unpaired) electrons. The number of methoxy groups -OCH3 is 1. The maximum absolute atomic E-state index is 12.4. The first-order valence-corrected chi connectivity index (χ1v) is 8.76. The summed E-state index contributed by atoms with van der Waals surface area (Å²) in [5.41, 5.74) is -0.285. The molecule has 0 spiro atoms. The minimum Gasteiger partial charge on any atom is -0.497 e. The normalized spacial score (nSPS) is 11.6. The summed E-state index contributed by atoms with van der Waals surface area (Å²) in [4.78, 5) is 27.4. The van der Waals surface area contributed by atoms with E-state index >= 15 is 0 Å². The van der Waals surface area contributed by atoms with Gasteiger partial charge in [0.05, 0.1) is 23.0 Å². The molecule has 0 saturated carbocycles. The van der Waals surface area contributed by atoms with Crippen molar-refractivity contribution in [2.45, 2.75) is 11.4 Å². The highest BCUT2D eigenvalue weighted by atomic mass is 32.2. The van der Waals surface area contributed by atoms with Crippen molar-refractivity contribution < 1.29 is 13.2 Å². The van der Waals surface area contributed by atoms with Crippen molar-refractivity contribution >= 4 is 21.1 Å². The zero-order chi connectivity index (χ0) is 18.0. The Bertz CT molecular complexity index is 1130. The molecule has 0 amide bonds. The summed E-state index contributed by atoms with van der Waals surface area (Å²) in [6.45, 7) is 0.104. The lowest BCUT2D eigenvalue weighted by atomic mass is 10.2. The van der Waals surface area contributed by atoms with Gasteiger partial charge >= 0.3 is 11.1 Å². The highest BCUT2D eigenvalue weighted by molar-refractivity contribution is 7.89. The number of aromatic amines is 2. The first-order chi connectivity index (χ1) is 11.9. The predicted molar refractivity (Wildman–Crippen MR) is 92.2 cm³/mol. The molecule has 1 aromatic heterocycles. The second-order valence-electron chi connectivity index (χ2n) is 5.29. The Labute approximate surface area is 142 Å². The molecule has 3 rings (SSSR count). The van der Waals surface area contributed by atoms with Gasteiger partial charge in [-0.25, -0.2) is 13.1 Å². The SMILES string of the molecule is COc1ccc(CNS(=O)(=O)c2ccc3[nH]c(=O)c(=O)[nH]c3c2)cc1. The monoisotopic (exact) mass is 361 g/mol. The van der Waals surface area contributed by atoms with E-state index in [1.54, 1.807) is 31.4 Å². The van der Waals surface area contributed by atoms with Gasteiger partial charge in [-0.15, -0.1) is 0 Å². The van der Waals surface area contributed by atoms with Crippen molar-refractivity contribution in [1.29, 1.82) is 0 Å². The first kappa shape index (κ1) is 16.9. The number of hydrogen-bond donors (Lipinski definition) is 3. The molecule has 0 unspecified atom stereocenters. The van der Waals surface area contributed by atoms with Gasteiger partial charge in [-0.1, -0.05) is 12.1 Å². The van der Waals surface area contributed by atoms with Crippen LogP contribution in [-0.2, 0) is 16.6 Å². The zero-order valence-corrected chi connectivity index (χ0v) is 14.0. The molecular formula is C16H15N3O5S. The summed E-state index contributed by atoms with van der Waals surface area (Å²) in [5.74, 6) is 0.680. The second kappa shape index (κ2) is 6.54. The fourth-order valence-electron chi connectivity index (χ4n) is 2.27. The topological polar surface area (TPSA) is 121 Å². The molecule has 0 atom stereocenters. The van der Waals surface area contributed by atoms with Crippen LogP contribution in [0.5, 0.6) is 5.75 Å². The molecule has 0 fully saturated rings. The lowest BCUT2D eigenvalue weighted by Crippen LogP contribution is -2.29. The number of ether oxygens (including phenoxy) is 1. The summed E-state index contributed by atoms with van der Waals surface area (Å²) >= 11 is 0. The number of hydrogen-bond acceptors (Lipinski definition) is 5. The van der Waals surface area contributed by atoms with Gasteiger partial charge in [0.25, 0.3) is 0 Å². The summed E-state index contributed by atoms with van der Waals surface area (Å²) in [6.07, 6.45) is 0. The molecule has 1 heterocycles. The number of aromatic nitrogens is 2. The van der Waals surface area contributed by atoms with Crippen LogP contribution in [-0.4, -0.2) is 25.5 Å². The Balaban J connectivity index is 1.86. The van der Waals surface area contributed by atoms with Crippen molar-refractivity contribution in [3.63, 3.8) is 0 Å². The Hall–Kier alpha value is -2.91. The van der Waals surface area contributed by atoms with Crippen molar-refractivity contribution in [2.24, 2.45) is 0 Å². The van der Waals surface area contributed by atoms with Gasteiger partial charge in [-0.2, -0.15) is 0 Å². The highest BCUT2D eigenvalue weighted by Gasteiger charge is 2.15. The molecule has 0 aliphatic carbocycles. The largest absolute Gasteiger partial charge is 0.497 e. The first-order valence-electron chi connectivity index (χ1n) is 7.28. The Kier molecular flexibility index (Phi) is 4.43. The van der Waals surface area contributed by atoms with Crippen LogP contribution >= 0.6 is 0 Å².